The van der Waals surface area contributed by atoms with Gasteiger partial charge in [-0.25, -0.2) is 0 Å². The van der Waals surface area contributed by atoms with Gasteiger partial charge < -0.3 is 10.5 Å². The van der Waals surface area contributed by atoms with Crippen LogP contribution in [0.5, 0.6) is 11.5 Å². The second-order valence-corrected chi connectivity index (χ2v) is 5.34. The van der Waals surface area contributed by atoms with Crippen LogP contribution in [0.4, 0.5) is 5.69 Å². The average Bonchev–Trinajstić information content (AvgIpc) is 2.32. The minimum atomic E-state index is 0.419. The summed E-state index contributed by atoms with van der Waals surface area (Å²) < 4.78 is 6.01. The molecule has 100 valence electrons. The van der Waals surface area contributed by atoms with Gasteiger partial charge in [-0.1, -0.05) is 32.0 Å². The number of hydrogen-bond donors (Lipinski definition) is 1. The van der Waals surface area contributed by atoms with Crippen molar-refractivity contribution in [1.82, 2.24) is 0 Å². The highest BCUT2D eigenvalue weighted by molar-refractivity contribution is 5.56. The number of nitrogen functional groups attached to an aromatic ring is 1. The van der Waals surface area contributed by atoms with Gasteiger partial charge in [-0.3, -0.25) is 0 Å². The SMILES string of the molecule is Cc1ccc(Oc2cc(C)ccc2C(C)C)c(N)c1. The molecule has 19 heavy (non-hydrogen) atoms. The molecule has 0 radical (unpaired) electrons. The Morgan fingerprint density at radius 1 is 0.895 bits per heavy atom. The predicted octanol–water partition coefficient (Wildman–Crippen LogP) is 4.80. The average molecular weight is 255 g/mol. The first-order valence-corrected chi connectivity index (χ1v) is 6.62. The zero-order valence-electron chi connectivity index (χ0n) is 12.0. The van der Waals surface area contributed by atoms with E-state index in [1.807, 2.05) is 25.1 Å². The summed E-state index contributed by atoms with van der Waals surface area (Å²) in [7, 11) is 0. The van der Waals surface area contributed by atoms with E-state index < -0.39 is 0 Å². The molecule has 2 nitrogen and oxygen atoms in total. The molecular weight excluding hydrogens is 234 g/mol. The lowest BCUT2D eigenvalue weighted by Gasteiger charge is -2.16. The minimum absolute atomic E-state index is 0.419. The van der Waals surface area contributed by atoms with Gasteiger partial charge in [-0.2, -0.15) is 0 Å². The monoisotopic (exact) mass is 255 g/mol. The van der Waals surface area contributed by atoms with Crippen molar-refractivity contribution >= 4 is 5.69 Å². The maximum Gasteiger partial charge on any atom is 0.150 e. The number of nitrogens with two attached hydrogens (primary N) is 1. The van der Waals surface area contributed by atoms with Crippen molar-refractivity contribution in [2.24, 2.45) is 0 Å². The lowest BCUT2D eigenvalue weighted by molar-refractivity contribution is 0.475. The molecule has 2 heteroatoms. The van der Waals surface area contributed by atoms with Crippen LogP contribution >= 0.6 is 0 Å². The molecule has 2 aromatic rings. The van der Waals surface area contributed by atoms with E-state index in [0.29, 0.717) is 11.6 Å². The molecule has 0 aliphatic carbocycles. The number of rotatable bonds is 3. The molecule has 0 unspecified atom stereocenters. The Bertz CT molecular complexity index is 588. The molecule has 0 spiro atoms. The quantitative estimate of drug-likeness (QED) is 0.799. The van der Waals surface area contributed by atoms with Gasteiger partial charge in [-0.05, 0) is 54.7 Å². The molecule has 0 heterocycles. The third-order valence-corrected chi connectivity index (χ3v) is 3.18. The molecule has 0 aliphatic rings. The first kappa shape index (κ1) is 13.5. The van der Waals surface area contributed by atoms with Gasteiger partial charge in [0.15, 0.2) is 0 Å². The molecular formula is C17H21NO. The Morgan fingerprint density at radius 2 is 1.53 bits per heavy atom. The maximum atomic E-state index is 6.01. The minimum Gasteiger partial charge on any atom is -0.455 e. The number of aryl methyl sites for hydroxylation is 2. The van der Waals surface area contributed by atoms with E-state index in [-0.39, 0.29) is 0 Å². The molecule has 2 N–H and O–H groups in total. The van der Waals surface area contributed by atoms with Crippen LogP contribution in [0.1, 0.15) is 36.5 Å². The Balaban J connectivity index is 2.39. The molecule has 0 amide bonds. The zero-order chi connectivity index (χ0) is 14.0. The molecule has 0 fully saturated rings. The fourth-order valence-electron chi connectivity index (χ4n) is 2.09. The standard InChI is InChI=1S/C17H21NO/c1-11(2)14-7-5-13(4)10-17(14)19-16-8-6-12(3)9-15(16)18/h5-11H,18H2,1-4H3. The summed E-state index contributed by atoms with van der Waals surface area (Å²) in [5.41, 5.74) is 10.2. The fraction of sp³-hybridized carbons (Fsp3) is 0.294. The highest BCUT2D eigenvalue weighted by Crippen LogP contribution is 2.34. The second-order valence-electron chi connectivity index (χ2n) is 5.34. The van der Waals surface area contributed by atoms with E-state index >= 15 is 0 Å². The van der Waals surface area contributed by atoms with Crippen LogP contribution in [0.3, 0.4) is 0 Å². The molecule has 0 aliphatic heterocycles. The van der Waals surface area contributed by atoms with E-state index in [0.717, 1.165) is 17.1 Å². The molecule has 2 aromatic carbocycles. The molecule has 0 atom stereocenters. The van der Waals surface area contributed by atoms with Gasteiger partial charge in [-0.15, -0.1) is 0 Å². The number of anilines is 1. The number of hydrogen-bond acceptors (Lipinski definition) is 2. The molecule has 0 saturated heterocycles. The molecule has 0 aromatic heterocycles. The van der Waals surface area contributed by atoms with Crippen LogP contribution < -0.4 is 10.5 Å². The summed E-state index contributed by atoms with van der Waals surface area (Å²) in [5.74, 6) is 2.03. The van der Waals surface area contributed by atoms with Crippen molar-refractivity contribution in [2.75, 3.05) is 5.73 Å². The van der Waals surface area contributed by atoms with Crippen molar-refractivity contribution in [2.45, 2.75) is 33.6 Å². The second kappa shape index (κ2) is 5.35. The summed E-state index contributed by atoms with van der Waals surface area (Å²) in [6, 6.07) is 12.2. The van der Waals surface area contributed by atoms with Crippen molar-refractivity contribution in [3.8, 4) is 11.5 Å². The van der Waals surface area contributed by atoms with Crippen LogP contribution in [0.15, 0.2) is 36.4 Å². The third-order valence-electron chi connectivity index (χ3n) is 3.18. The van der Waals surface area contributed by atoms with Gasteiger partial charge in [0.1, 0.15) is 11.5 Å². The van der Waals surface area contributed by atoms with E-state index in [1.54, 1.807) is 0 Å². The smallest absolute Gasteiger partial charge is 0.150 e. The largest absolute Gasteiger partial charge is 0.455 e. The molecule has 0 saturated carbocycles. The van der Waals surface area contributed by atoms with Gasteiger partial charge >= 0.3 is 0 Å². The Kier molecular flexibility index (Phi) is 3.79. The molecule has 2 rings (SSSR count). The number of benzene rings is 2. The van der Waals surface area contributed by atoms with Crippen LogP contribution in [0.25, 0.3) is 0 Å². The van der Waals surface area contributed by atoms with Crippen molar-refractivity contribution in [3.63, 3.8) is 0 Å². The Labute approximate surface area is 115 Å². The van der Waals surface area contributed by atoms with E-state index in [2.05, 4.69) is 39.0 Å². The Hall–Kier alpha value is -1.96. The summed E-state index contributed by atoms with van der Waals surface area (Å²) >= 11 is 0. The first-order chi connectivity index (χ1) is 8.97. The van der Waals surface area contributed by atoms with Gasteiger partial charge in [0.2, 0.25) is 0 Å². The lowest BCUT2D eigenvalue weighted by Crippen LogP contribution is -1.97. The summed E-state index contributed by atoms with van der Waals surface area (Å²) in [5, 5.41) is 0. The lowest BCUT2D eigenvalue weighted by atomic mass is 10.0. The summed E-state index contributed by atoms with van der Waals surface area (Å²) in [4.78, 5) is 0. The Morgan fingerprint density at radius 3 is 2.16 bits per heavy atom. The van der Waals surface area contributed by atoms with Crippen molar-refractivity contribution < 1.29 is 4.74 Å². The van der Waals surface area contributed by atoms with Crippen LogP contribution in [0.2, 0.25) is 0 Å². The topological polar surface area (TPSA) is 35.2 Å². The fourth-order valence-corrected chi connectivity index (χ4v) is 2.09. The van der Waals surface area contributed by atoms with Crippen molar-refractivity contribution in [3.05, 3.63) is 53.1 Å². The summed E-state index contributed by atoms with van der Waals surface area (Å²) in [6.07, 6.45) is 0. The normalized spacial score (nSPS) is 10.8. The number of ether oxygens (including phenoxy) is 1. The predicted molar refractivity (Wildman–Crippen MR) is 80.9 cm³/mol. The van der Waals surface area contributed by atoms with E-state index in [9.17, 15) is 0 Å². The van der Waals surface area contributed by atoms with Crippen LogP contribution in [-0.2, 0) is 0 Å². The summed E-state index contributed by atoms with van der Waals surface area (Å²) in [6.45, 7) is 8.41. The van der Waals surface area contributed by atoms with Crippen molar-refractivity contribution in [1.29, 1.82) is 0 Å². The van der Waals surface area contributed by atoms with Gasteiger partial charge in [0, 0.05) is 0 Å². The highest BCUT2D eigenvalue weighted by atomic mass is 16.5. The highest BCUT2D eigenvalue weighted by Gasteiger charge is 2.10. The third kappa shape index (κ3) is 3.08. The maximum absolute atomic E-state index is 6.01. The van der Waals surface area contributed by atoms with E-state index in [1.165, 1.54) is 11.1 Å². The van der Waals surface area contributed by atoms with Crippen LogP contribution in [0, 0.1) is 13.8 Å². The van der Waals surface area contributed by atoms with Gasteiger partial charge in [0.05, 0.1) is 5.69 Å². The van der Waals surface area contributed by atoms with E-state index in [4.69, 9.17) is 10.5 Å². The van der Waals surface area contributed by atoms with Crippen LogP contribution in [-0.4, -0.2) is 0 Å². The zero-order valence-corrected chi connectivity index (χ0v) is 12.0. The molecule has 0 bridgehead atoms. The van der Waals surface area contributed by atoms with Gasteiger partial charge in [0.25, 0.3) is 0 Å². The first-order valence-electron chi connectivity index (χ1n) is 6.62.